The van der Waals surface area contributed by atoms with Gasteiger partial charge in [0.1, 0.15) is 5.69 Å². The molecular formula is C20H24Cl2N4O2. The van der Waals surface area contributed by atoms with Crippen LogP contribution < -0.4 is 10.6 Å². The minimum atomic E-state index is -0.199. The first-order chi connectivity index (χ1) is 13.4. The molecule has 3 N–H and O–H groups in total. The second-order valence-corrected chi connectivity index (χ2v) is 8.46. The summed E-state index contributed by atoms with van der Waals surface area (Å²) in [5.74, 6) is 0.708. The summed E-state index contributed by atoms with van der Waals surface area (Å²) in [6.07, 6.45) is 3.66. The zero-order chi connectivity index (χ0) is 19.9. The zero-order valence-corrected chi connectivity index (χ0v) is 17.2. The Kier molecular flexibility index (Phi) is 5.51. The van der Waals surface area contributed by atoms with Crippen molar-refractivity contribution in [2.75, 3.05) is 24.6 Å². The van der Waals surface area contributed by atoms with Crippen molar-refractivity contribution in [2.24, 2.45) is 11.1 Å². The molecule has 2 aromatic rings. The number of piperidine rings is 1. The second kappa shape index (κ2) is 7.76. The van der Waals surface area contributed by atoms with Crippen LogP contribution in [0.1, 0.15) is 25.5 Å². The standard InChI is InChI=1S/C20H24Cl2N4O2/c1-12-18(23)20(11-28-12)5-7-26(8-6-20)19-16(10-27)25-15(9-24-19)13-3-2-4-14(21)17(13)22/h2-4,9,12,18,27H,5-8,10-11,23H2,1H3. The van der Waals surface area contributed by atoms with Gasteiger partial charge in [0.05, 0.1) is 41.3 Å². The summed E-state index contributed by atoms with van der Waals surface area (Å²) in [5.41, 5.74) is 8.26. The normalized spacial score (nSPS) is 24.1. The summed E-state index contributed by atoms with van der Waals surface area (Å²) in [6.45, 7) is 4.18. The van der Waals surface area contributed by atoms with E-state index < -0.39 is 0 Å². The van der Waals surface area contributed by atoms with Crippen LogP contribution in [0, 0.1) is 5.41 Å². The quantitative estimate of drug-likeness (QED) is 0.789. The van der Waals surface area contributed by atoms with Crippen LogP contribution in [-0.4, -0.2) is 46.9 Å². The molecule has 150 valence electrons. The molecule has 0 saturated carbocycles. The molecule has 2 saturated heterocycles. The van der Waals surface area contributed by atoms with Gasteiger partial charge in [0.15, 0.2) is 5.82 Å². The number of anilines is 1. The van der Waals surface area contributed by atoms with E-state index in [1.807, 2.05) is 19.1 Å². The highest BCUT2D eigenvalue weighted by molar-refractivity contribution is 6.43. The molecule has 1 spiro atoms. The number of hydrogen-bond acceptors (Lipinski definition) is 6. The molecule has 2 atom stereocenters. The Morgan fingerprint density at radius 3 is 2.71 bits per heavy atom. The van der Waals surface area contributed by atoms with Crippen LogP contribution in [0.15, 0.2) is 24.4 Å². The van der Waals surface area contributed by atoms with Crippen molar-refractivity contribution in [3.05, 3.63) is 40.1 Å². The molecule has 2 aliphatic rings. The highest BCUT2D eigenvalue weighted by atomic mass is 35.5. The number of halogens is 2. The van der Waals surface area contributed by atoms with Crippen LogP contribution in [0.4, 0.5) is 5.82 Å². The van der Waals surface area contributed by atoms with Gasteiger partial charge in [-0.25, -0.2) is 9.97 Å². The molecule has 3 heterocycles. The molecule has 0 bridgehead atoms. The van der Waals surface area contributed by atoms with Gasteiger partial charge in [-0.3, -0.25) is 0 Å². The van der Waals surface area contributed by atoms with Crippen LogP contribution in [0.2, 0.25) is 10.0 Å². The number of hydrogen-bond donors (Lipinski definition) is 2. The molecule has 0 amide bonds. The molecule has 1 aromatic carbocycles. The third-order valence-electron chi connectivity index (χ3n) is 6.11. The molecule has 6 nitrogen and oxygen atoms in total. The summed E-state index contributed by atoms with van der Waals surface area (Å²) < 4.78 is 5.80. The fraction of sp³-hybridized carbons (Fsp3) is 0.500. The maximum atomic E-state index is 9.90. The molecule has 1 aromatic heterocycles. The number of ether oxygens (including phenoxy) is 1. The first-order valence-electron chi connectivity index (χ1n) is 9.48. The third kappa shape index (κ3) is 3.37. The second-order valence-electron chi connectivity index (χ2n) is 7.68. The number of aromatic nitrogens is 2. The molecule has 0 aliphatic carbocycles. The van der Waals surface area contributed by atoms with Crippen LogP contribution >= 0.6 is 23.2 Å². The number of nitrogens with two attached hydrogens (primary N) is 1. The molecule has 0 radical (unpaired) electrons. The Hall–Kier alpha value is -1.44. The molecule has 2 unspecified atom stereocenters. The lowest BCUT2D eigenvalue weighted by Crippen LogP contribution is -2.51. The van der Waals surface area contributed by atoms with E-state index in [0.717, 1.165) is 25.9 Å². The van der Waals surface area contributed by atoms with Crippen molar-refractivity contribution >= 4 is 29.0 Å². The molecule has 8 heteroatoms. The molecule has 2 fully saturated rings. The highest BCUT2D eigenvalue weighted by Crippen LogP contribution is 2.42. The van der Waals surface area contributed by atoms with Crippen molar-refractivity contribution < 1.29 is 9.84 Å². The van der Waals surface area contributed by atoms with E-state index in [-0.39, 0.29) is 24.2 Å². The predicted molar refractivity (Wildman–Crippen MR) is 111 cm³/mol. The molecule has 4 rings (SSSR count). The topological polar surface area (TPSA) is 84.5 Å². The summed E-state index contributed by atoms with van der Waals surface area (Å²) in [5, 5.41) is 10.8. The monoisotopic (exact) mass is 422 g/mol. The smallest absolute Gasteiger partial charge is 0.152 e. The van der Waals surface area contributed by atoms with Gasteiger partial charge < -0.3 is 20.5 Å². The summed E-state index contributed by atoms with van der Waals surface area (Å²) in [4.78, 5) is 11.4. The predicted octanol–water partition coefficient (Wildman–Crippen LogP) is 3.28. The average molecular weight is 423 g/mol. The van der Waals surface area contributed by atoms with Crippen LogP contribution in [0.25, 0.3) is 11.3 Å². The van der Waals surface area contributed by atoms with Gasteiger partial charge in [-0.15, -0.1) is 0 Å². The highest BCUT2D eigenvalue weighted by Gasteiger charge is 2.47. The number of aliphatic hydroxyl groups excluding tert-OH is 1. The fourth-order valence-corrected chi connectivity index (χ4v) is 4.66. The van der Waals surface area contributed by atoms with Crippen molar-refractivity contribution in [2.45, 2.75) is 38.5 Å². The first-order valence-corrected chi connectivity index (χ1v) is 10.2. The molecular weight excluding hydrogens is 399 g/mol. The van der Waals surface area contributed by atoms with Crippen molar-refractivity contribution in [1.29, 1.82) is 0 Å². The van der Waals surface area contributed by atoms with Crippen molar-refractivity contribution in [1.82, 2.24) is 9.97 Å². The Labute approximate surface area is 174 Å². The molecule has 2 aliphatic heterocycles. The van der Waals surface area contributed by atoms with E-state index in [4.69, 9.17) is 33.7 Å². The first kappa shape index (κ1) is 19.9. The SMILES string of the molecule is CC1OCC2(CCN(c3ncc(-c4cccc(Cl)c4Cl)nc3CO)CC2)C1N. The molecule has 28 heavy (non-hydrogen) atoms. The maximum Gasteiger partial charge on any atom is 0.152 e. The van der Waals surface area contributed by atoms with E-state index in [0.29, 0.717) is 39.4 Å². The van der Waals surface area contributed by atoms with Gasteiger partial charge in [-0.05, 0) is 25.8 Å². The summed E-state index contributed by atoms with van der Waals surface area (Å²) in [6, 6.07) is 5.44. The number of rotatable bonds is 3. The Balaban J connectivity index is 1.57. The number of nitrogens with zero attached hydrogens (tertiary/aromatic N) is 3. The van der Waals surface area contributed by atoms with Gasteiger partial charge in [0.2, 0.25) is 0 Å². The van der Waals surface area contributed by atoms with Crippen molar-refractivity contribution in [3.8, 4) is 11.3 Å². The van der Waals surface area contributed by atoms with E-state index in [9.17, 15) is 5.11 Å². The van der Waals surface area contributed by atoms with Gasteiger partial charge >= 0.3 is 0 Å². The third-order valence-corrected chi connectivity index (χ3v) is 6.92. The van der Waals surface area contributed by atoms with E-state index in [1.54, 1.807) is 12.3 Å². The van der Waals surface area contributed by atoms with Crippen LogP contribution in [-0.2, 0) is 11.3 Å². The van der Waals surface area contributed by atoms with Crippen molar-refractivity contribution in [3.63, 3.8) is 0 Å². The number of benzene rings is 1. The summed E-state index contributed by atoms with van der Waals surface area (Å²) in [7, 11) is 0. The Morgan fingerprint density at radius 1 is 1.32 bits per heavy atom. The van der Waals surface area contributed by atoms with Gasteiger partial charge in [0, 0.05) is 30.1 Å². The van der Waals surface area contributed by atoms with E-state index in [2.05, 4.69) is 14.9 Å². The summed E-state index contributed by atoms with van der Waals surface area (Å²) >= 11 is 12.4. The van der Waals surface area contributed by atoms with Crippen LogP contribution in [0.5, 0.6) is 0 Å². The Morgan fingerprint density at radius 2 is 2.07 bits per heavy atom. The van der Waals surface area contributed by atoms with Gasteiger partial charge in [-0.1, -0.05) is 35.3 Å². The lowest BCUT2D eigenvalue weighted by Gasteiger charge is -2.41. The largest absolute Gasteiger partial charge is 0.390 e. The van der Waals surface area contributed by atoms with Crippen LogP contribution in [0.3, 0.4) is 0 Å². The zero-order valence-electron chi connectivity index (χ0n) is 15.7. The maximum absolute atomic E-state index is 9.90. The van der Waals surface area contributed by atoms with E-state index >= 15 is 0 Å². The number of aliphatic hydroxyl groups is 1. The fourth-order valence-electron chi connectivity index (χ4n) is 4.26. The lowest BCUT2D eigenvalue weighted by atomic mass is 9.73. The average Bonchev–Trinajstić information content (AvgIpc) is 2.99. The van der Waals surface area contributed by atoms with E-state index in [1.165, 1.54) is 0 Å². The lowest BCUT2D eigenvalue weighted by molar-refractivity contribution is 0.0973. The Bertz CT molecular complexity index is 871. The minimum absolute atomic E-state index is 0.0387. The van der Waals surface area contributed by atoms with Gasteiger partial charge in [0.25, 0.3) is 0 Å². The van der Waals surface area contributed by atoms with Gasteiger partial charge in [-0.2, -0.15) is 0 Å². The minimum Gasteiger partial charge on any atom is -0.390 e.